The van der Waals surface area contributed by atoms with Crippen molar-refractivity contribution in [1.29, 1.82) is 0 Å². The lowest BCUT2D eigenvalue weighted by molar-refractivity contribution is -0.0770. The summed E-state index contributed by atoms with van der Waals surface area (Å²) in [5.41, 5.74) is 8.04. The standard InChI is InChI=1S/C15H19N3O2/c1-10-9-11(5-6-12(10)16)13-17-14(18-20-13)15(2)7-3-4-8-19-15/h5-6,9H,3-4,7-8,16H2,1-2H3. The number of nitrogen functional groups attached to an aromatic ring is 1. The van der Waals surface area contributed by atoms with E-state index in [1.54, 1.807) is 0 Å². The lowest BCUT2D eigenvalue weighted by Crippen LogP contribution is -2.31. The van der Waals surface area contributed by atoms with Gasteiger partial charge in [0.1, 0.15) is 5.60 Å². The molecule has 5 nitrogen and oxygen atoms in total. The molecule has 1 saturated heterocycles. The minimum absolute atomic E-state index is 0.428. The fraction of sp³-hybridized carbons (Fsp3) is 0.467. The van der Waals surface area contributed by atoms with E-state index in [0.717, 1.165) is 42.7 Å². The third-order valence-electron chi connectivity index (χ3n) is 3.88. The zero-order valence-electron chi connectivity index (χ0n) is 11.8. The van der Waals surface area contributed by atoms with Crippen LogP contribution in [0.15, 0.2) is 22.7 Å². The van der Waals surface area contributed by atoms with Gasteiger partial charge in [-0.2, -0.15) is 4.98 Å². The lowest BCUT2D eigenvalue weighted by Gasteiger charge is -2.30. The van der Waals surface area contributed by atoms with Crippen LogP contribution in [0.4, 0.5) is 5.69 Å². The van der Waals surface area contributed by atoms with Crippen molar-refractivity contribution in [3.63, 3.8) is 0 Å². The highest BCUT2D eigenvalue weighted by molar-refractivity contribution is 5.60. The Kier molecular flexibility index (Phi) is 3.22. The van der Waals surface area contributed by atoms with Crippen LogP contribution in [-0.2, 0) is 10.3 Å². The predicted octanol–water partition coefficient (Wildman–Crippen LogP) is 3.04. The van der Waals surface area contributed by atoms with Gasteiger partial charge in [-0.15, -0.1) is 0 Å². The Morgan fingerprint density at radius 1 is 1.30 bits per heavy atom. The number of nitrogens with zero attached hydrogens (tertiary/aromatic N) is 2. The molecular weight excluding hydrogens is 254 g/mol. The van der Waals surface area contributed by atoms with Crippen LogP contribution in [0.3, 0.4) is 0 Å². The molecule has 0 saturated carbocycles. The van der Waals surface area contributed by atoms with E-state index in [2.05, 4.69) is 10.1 Å². The Morgan fingerprint density at radius 2 is 2.15 bits per heavy atom. The normalized spacial score (nSPS) is 22.9. The summed E-state index contributed by atoms with van der Waals surface area (Å²) in [7, 11) is 0. The molecule has 2 heterocycles. The van der Waals surface area contributed by atoms with Crippen LogP contribution in [0.2, 0.25) is 0 Å². The first kappa shape index (κ1) is 13.1. The van der Waals surface area contributed by atoms with E-state index in [4.69, 9.17) is 15.0 Å². The number of aromatic nitrogens is 2. The largest absolute Gasteiger partial charge is 0.399 e. The molecule has 1 atom stereocenters. The molecule has 0 bridgehead atoms. The maximum atomic E-state index is 5.84. The molecule has 1 aromatic heterocycles. The Hall–Kier alpha value is -1.88. The Morgan fingerprint density at radius 3 is 2.85 bits per heavy atom. The number of ether oxygens (including phenoxy) is 1. The molecule has 20 heavy (non-hydrogen) atoms. The molecular formula is C15H19N3O2. The highest BCUT2D eigenvalue weighted by Crippen LogP contribution is 2.34. The van der Waals surface area contributed by atoms with Crippen LogP contribution in [0, 0.1) is 6.92 Å². The second kappa shape index (κ2) is 4.90. The lowest BCUT2D eigenvalue weighted by atomic mass is 9.95. The van der Waals surface area contributed by atoms with Crippen LogP contribution >= 0.6 is 0 Å². The summed E-state index contributed by atoms with van der Waals surface area (Å²) in [5, 5.41) is 4.10. The number of anilines is 1. The van der Waals surface area contributed by atoms with Gasteiger partial charge in [-0.1, -0.05) is 5.16 Å². The minimum Gasteiger partial charge on any atom is -0.399 e. The second-order valence-electron chi connectivity index (χ2n) is 5.53. The van der Waals surface area contributed by atoms with Crippen molar-refractivity contribution in [1.82, 2.24) is 10.1 Å². The zero-order valence-corrected chi connectivity index (χ0v) is 11.8. The highest BCUT2D eigenvalue weighted by Gasteiger charge is 2.35. The van der Waals surface area contributed by atoms with Gasteiger partial charge in [0, 0.05) is 17.9 Å². The van der Waals surface area contributed by atoms with E-state index < -0.39 is 5.60 Å². The first-order valence-corrected chi connectivity index (χ1v) is 6.93. The molecule has 2 aromatic rings. The molecule has 1 fully saturated rings. The van der Waals surface area contributed by atoms with Crippen LogP contribution in [0.1, 0.15) is 37.6 Å². The molecule has 5 heteroatoms. The summed E-state index contributed by atoms with van der Waals surface area (Å²) < 4.78 is 11.2. The van der Waals surface area contributed by atoms with Gasteiger partial charge in [0.2, 0.25) is 5.82 Å². The monoisotopic (exact) mass is 273 g/mol. The van der Waals surface area contributed by atoms with Crippen LogP contribution in [0.5, 0.6) is 0 Å². The average molecular weight is 273 g/mol. The minimum atomic E-state index is -0.428. The van der Waals surface area contributed by atoms with Crippen molar-refractivity contribution in [3.8, 4) is 11.5 Å². The summed E-state index contributed by atoms with van der Waals surface area (Å²) in [6, 6.07) is 5.70. The fourth-order valence-corrected chi connectivity index (χ4v) is 2.47. The smallest absolute Gasteiger partial charge is 0.258 e. The third kappa shape index (κ3) is 2.29. The Bertz CT molecular complexity index is 615. The fourth-order valence-electron chi connectivity index (χ4n) is 2.47. The summed E-state index contributed by atoms with van der Waals surface area (Å²) in [4.78, 5) is 4.50. The zero-order chi connectivity index (χ0) is 14.2. The Balaban J connectivity index is 1.91. The van der Waals surface area contributed by atoms with Crippen LogP contribution in [0.25, 0.3) is 11.5 Å². The van der Waals surface area contributed by atoms with E-state index in [9.17, 15) is 0 Å². The molecule has 0 radical (unpaired) electrons. The predicted molar refractivity (Wildman–Crippen MR) is 76.0 cm³/mol. The maximum absolute atomic E-state index is 5.84. The average Bonchev–Trinajstić information content (AvgIpc) is 2.93. The van der Waals surface area contributed by atoms with Gasteiger partial charge in [-0.25, -0.2) is 0 Å². The van der Waals surface area contributed by atoms with Crippen LogP contribution < -0.4 is 5.73 Å². The van der Waals surface area contributed by atoms with E-state index in [-0.39, 0.29) is 0 Å². The number of nitrogens with two attached hydrogens (primary N) is 1. The molecule has 0 amide bonds. The molecule has 3 rings (SSSR count). The quantitative estimate of drug-likeness (QED) is 0.851. The van der Waals surface area contributed by atoms with Gasteiger partial charge in [0.15, 0.2) is 0 Å². The SMILES string of the molecule is Cc1cc(-c2nc(C3(C)CCCCO3)no2)ccc1N. The third-order valence-corrected chi connectivity index (χ3v) is 3.88. The van der Waals surface area contributed by atoms with Crippen molar-refractivity contribution in [3.05, 3.63) is 29.6 Å². The molecule has 1 unspecified atom stereocenters. The highest BCUT2D eigenvalue weighted by atomic mass is 16.5. The first-order valence-electron chi connectivity index (χ1n) is 6.93. The van der Waals surface area contributed by atoms with Gasteiger partial charge in [-0.3, -0.25) is 0 Å². The number of hydrogen-bond acceptors (Lipinski definition) is 5. The summed E-state index contributed by atoms with van der Waals surface area (Å²) in [6.45, 7) is 4.73. The van der Waals surface area contributed by atoms with E-state index in [1.807, 2.05) is 32.0 Å². The van der Waals surface area contributed by atoms with Gasteiger partial charge in [0.25, 0.3) is 5.89 Å². The van der Waals surface area contributed by atoms with Crippen molar-refractivity contribution < 1.29 is 9.26 Å². The van der Waals surface area contributed by atoms with Crippen molar-refractivity contribution in [2.45, 2.75) is 38.7 Å². The number of aryl methyl sites for hydroxylation is 1. The topological polar surface area (TPSA) is 74.2 Å². The van der Waals surface area contributed by atoms with Crippen LogP contribution in [-0.4, -0.2) is 16.7 Å². The summed E-state index contributed by atoms with van der Waals surface area (Å²) in [5.74, 6) is 1.14. The van der Waals surface area contributed by atoms with Crippen molar-refractivity contribution >= 4 is 5.69 Å². The molecule has 1 aliphatic heterocycles. The molecule has 1 aromatic carbocycles. The van der Waals surface area contributed by atoms with Gasteiger partial charge < -0.3 is 15.0 Å². The van der Waals surface area contributed by atoms with E-state index in [0.29, 0.717) is 11.7 Å². The molecule has 2 N–H and O–H groups in total. The Labute approximate surface area is 118 Å². The van der Waals surface area contributed by atoms with Gasteiger partial charge >= 0.3 is 0 Å². The number of hydrogen-bond donors (Lipinski definition) is 1. The van der Waals surface area contributed by atoms with E-state index >= 15 is 0 Å². The molecule has 0 spiro atoms. The van der Waals surface area contributed by atoms with Crippen molar-refractivity contribution in [2.24, 2.45) is 0 Å². The molecule has 0 aliphatic carbocycles. The number of benzene rings is 1. The summed E-state index contributed by atoms with van der Waals surface area (Å²) in [6.07, 6.45) is 3.14. The van der Waals surface area contributed by atoms with Gasteiger partial charge in [-0.05, 0) is 56.9 Å². The summed E-state index contributed by atoms with van der Waals surface area (Å²) >= 11 is 0. The van der Waals surface area contributed by atoms with Gasteiger partial charge in [0.05, 0.1) is 0 Å². The van der Waals surface area contributed by atoms with E-state index in [1.165, 1.54) is 0 Å². The molecule has 1 aliphatic rings. The number of rotatable bonds is 2. The second-order valence-corrected chi connectivity index (χ2v) is 5.53. The molecule has 106 valence electrons. The van der Waals surface area contributed by atoms with Crippen molar-refractivity contribution in [2.75, 3.05) is 12.3 Å². The first-order chi connectivity index (χ1) is 9.58. The maximum Gasteiger partial charge on any atom is 0.258 e.